The predicted octanol–water partition coefficient (Wildman–Crippen LogP) is 7.50. The van der Waals surface area contributed by atoms with Gasteiger partial charge in [0.2, 0.25) is 0 Å². The zero-order valence-corrected chi connectivity index (χ0v) is 20.5. The first-order chi connectivity index (χ1) is 17.7. The van der Waals surface area contributed by atoms with E-state index in [1.807, 2.05) is 12.4 Å². The second kappa shape index (κ2) is 8.12. The van der Waals surface area contributed by atoms with Crippen molar-refractivity contribution in [3.05, 3.63) is 73.1 Å². The van der Waals surface area contributed by atoms with E-state index in [9.17, 15) is 0 Å². The van der Waals surface area contributed by atoms with Crippen LogP contribution in [0.2, 0.25) is 0 Å². The van der Waals surface area contributed by atoms with Crippen molar-refractivity contribution in [2.24, 2.45) is 0 Å². The topological polar surface area (TPSA) is 67.2 Å². The number of rotatable bonds is 6. The summed E-state index contributed by atoms with van der Waals surface area (Å²) < 4.78 is 4.74. The van der Waals surface area contributed by atoms with E-state index < -0.39 is 0 Å². The third-order valence-corrected chi connectivity index (χ3v) is 7.14. The third kappa shape index (κ3) is 3.18. The van der Waals surface area contributed by atoms with E-state index in [0.29, 0.717) is 0 Å². The highest BCUT2D eigenvalue weighted by Crippen LogP contribution is 2.33. The smallest absolute Gasteiger partial charge is 0.141 e. The molecule has 4 heterocycles. The SMILES string of the molecule is CCCn1c(-c2ccc3cc[nH]c3c2)nc2cc3nc(-c4ccc5cc[nH]c5c4)n(CCC)c3cc21. The summed E-state index contributed by atoms with van der Waals surface area (Å²) >= 11 is 0. The van der Waals surface area contributed by atoms with Crippen LogP contribution in [0.4, 0.5) is 0 Å². The zero-order valence-electron chi connectivity index (χ0n) is 20.5. The normalized spacial score (nSPS) is 12.1. The van der Waals surface area contributed by atoms with Crippen LogP contribution in [-0.2, 0) is 13.1 Å². The molecule has 7 aromatic rings. The Hall–Kier alpha value is -4.32. The first-order valence-electron chi connectivity index (χ1n) is 12.8. The molecule has 0 bridgehead atoms. The first kappa shape index (κ1) is 21.0. The summed E-state index contributed by atoms with van der Waals surface area (Å²) in [5.74, 6) is 2.02. The molecule has 0 unspecified atom stereocenters. The lowest BCUT2D eigenvalue weighted by Gasteiger charge is -2.10. The van der Waals surface area contributed by atoms with Crippen LogP contribution in [0.5, 0.6) is 0 Å². The number of H-pyrrole nitrogens is 2. The molecule has 0 aliphatic carbocycles. The molecule has 0 fully saturated rings. The maximum atomic E-state index is 5.13. The van der Waals surface area contributed by atoms with Crippen molar-refractivity contribution in [1.29, 1.82) is 0 Å². The summed E-state index contributed by atoms with van der Waals surface area (Å²) in [6.45, 7) is 6.27. The number of hydrogen-bond acceptors (Lipinski definition) is 2. The molecule has 3 aromatic carbocycles. The Bertz CT molecular complexity index is 1740. The van der Waals surface area contributed by atoms with E-state index >= 15 is 0 Å². The Kier molecular flexibility index (Phi) is 4.74. The first-order valence-corrected chi connectivity index (χ1v) is 12.8. The number of nitrogens with one attached hydrogen (secondary N) is 2. The van der Waals surface area contributed by atoms with Gasteiger partial charge in [-0.25, -0.2) is 9.97 Å². The van der Waals surface area contributed by atoms with Crippen LogP contribution in [0.25, 0.3) is 66.6 Å². The van der Waals surface area contributed by atoms with Gasteiger partial charge in [0.15, 0.2) is 0 Å². The van der Waals surface area contributed by atoms with Crippen molar-refractivity contribution in [2.75, 3.05) is 0 Å². The molecule has 0 atom stereocenters. The fourth-order valence-electron chi connectivity index (χ4n) is 5.46. The zero-order chi connectivity index (χ0) is 24.2. The number of imidazole rings is 2. The van der Waals surface area contributed by atoms with E-state index in [0.717, 1.165) is 81.8 Å². The standard InChI is InChI=1S/C30H28N6/c1-3-13-35-27-18-28-26(17-25(27)33-29(35)21-7-5-19-9-11-31-23(19)15-21)34-30(36(28)14-4-2)22-8-6-20-10-12-32-24(20)16-22/h5-12,15-18,31-32H,3-4,13-14H2,1-2H3. The second-order valence-corrected chi connectivity index (χ2v) is 9.56. The molecular weight excluding hydrogens is 444 g/mol. The lowest BCUT2D eigenvalue weighted by atomic mass is 10.1. The van der Waals surface area contributed by atoms with Gasteiger partial charge in [-0.2, -0.15) is 0 Å². The van der Waals surface area contributed by atoms with Gasteiger partial charge >= 0.3 is 0 Å². The van der Waals surface area contributed by atoms with Crippen molar-refractivity contribution < 1.29 is 0 Å². The Morgan fingerprint density at radius 2 is 1.11 bits per heavy atom. The molecule has 2 N–H and O–H groups in total. The number of aromatic nitrogens is 6. The highest BCUT2D eigenvalue weighted by molar-refractivity contribution is 5.96. The maximum Gasteiger partial charge on any atom is 0.141 e. The lowest BCUT2D eigenvalue weighted by molar-refractivity contribution is 0.699. The molecule has 0 aliphatic heterocycles. The Morgan fingerprint density at radius 3 is 1.58 bits per heavy atom. The summed E-state index contributed by atoms with van der Waals surface area (Å²) in [6, 6.07) is 21.7. The summed E-state index contributed by atoms with van der Waals surface area (Å²) in [7, 11) is 0. The largest absolute Gasteiger partial charge is 0.361 e. The molecule has 0 saturated carbocycles. The number of aromatic amines is 2. The van der Waals surface area contributed by atoms with E-state index in [4.69, 9.17) is 9.97 Å². The van der Waals surface area contributed by atoms with Gasteiger partial charge in [-0.1, -0.05) is 38.1 Å². The van der Waals surface area contributed by atoms with Gasteiger partial charge in [0.05, 0.1) is 22.1 Å². The molecule has 0 radical (unpaired) electrons. The quantitative estimate of drug-likeness (QED) is 0.263. The average Bonchev–Trinajstić information content (AvgIpc) is 3.68. The highest BCUT2D eigenvalue weighted by Gasteiger charge is 2.18. The lowest BCUT2D eigenvalue weighted by Crippen LogP contribution is -2.01. The summed E-state index contributed by atoms with van der Waals surface area (Å²) in [6.07, 6.45) is 6.05. The number of fused-ring (bicyclic) bond motifs is 4. The van der Waals surface area contributed by atoms with Crippen LogP contribution in [0, 0.1) is 0 Å². The Balaban J connectivity index is 1.45. The minimum atomic E-state index is 0.915. The molecular formula is C30H28N6. The van der Waals surface area contributed by atoms with Crippen molar-refractivity contribution >= 4 is 43.9 Å². The molecule has 0 aliphatic rings. The van der Waals surface area contributed by atoms with Crippen LogP contribution in [0.15, 0.2) is 73.1 Å². The van der Waals surface area contributed by atoms with Crippen LogP contribution in [0.1, 0.15) is 26.7 Å². The van der Waals surface area contributed by atoms with Crippen molar-refractivity contribution in [1.82, 2.24) is 29.1 Å². The van der Waals surface area contributed by atoms with Crippen LogP contribution >= 0.6 is 0 Å². The molecule has 0 amide bonds. The highest BCUT2D eigenvalue weighted by atomic mass is 15.1. The Morgan fingerprint density at radius 1 is 0.611 bits per heavy atom. The van der Waals surface area contributed by atoms with Gasteiger partial charge in [-0.3, -0.25) is 0 Å². The molecule has 0 spiro atoms. The van der Waals surface area contributed by atoms with Gasteiger partial charge in [-0.05, 0) is 60.0 Å². The van der Waals surface area contributed by atoms with Crippen molar-refractivity contribution in [2.45, 2.75) is 39.8 Å². The number of benzene rings is 3. The summed E-state index contributed by atoms with van der Waals surface area (Å²) in [5, 5.41) is 2.43. The number of aryl methyl sites for hydroxylation is 2. The molecule has 6 nitrogen and oxygen atoms in total. The van der Waals surface area contributed by atoms with Gasteiger partial charge in [0.1, 0.15) is 11.6 Å². The molecule has 6 heteroatoms. The molecule has 0 saturated heterocycles. The molecule has 178 valence electrons. The predicted molar refractivity (Wildman–Crippen MR) is 148 cm³/mol. The van der Waals surface area contributed by atoms with Gasteiger partial charge in [-0.15, -0.1) is 0 Å². The molecule has 36 heavy (non-hydrogen) atoms. The minimum absolute atomic E-state index is 0.915. The summed E-state index contributed by atoms with van der Waals surface area (Å²) in [5.41, 5.74) is 8.83. The fourth-order valence-corrected chi connectivity index (χ4v) is 5.46. The third-order valence-electron chi connectivity index (χ3n) is 7.14. The van der Waals surface area contributed by atoms with Crippen molar-refractivity contribution in [3.8, 4) is 22.8 Å². The van der Waals surface area contributed by atoms with Gasteiger partial charge in [0, 0.05) is 47.6 Å². The number of nitrogens with zero attached hydrogens (tertiary/aromatic N) is 4. The number of hydrogen-bond donors (Lipinski definition) is 2. The van der Waals surface area contributed by atoms with Gasteiger partial charge in [0.25, 0.3) is 0 Å². The Labute approximate surface area is 208 Å². The average molecular weight is 473 g/mol. The minimum Gasteiger partial charge on any atom is -0.361 e. The van der Waals surface area contributed by atoms with E-state index in [-0.39, 0.29) is 0 Å². The maximum absolute atomic E-state index is 5.13. The molecule has 4 aromatic heterocycles. The monoisotopic (exact) mass is 472 g/mol. The fraction of sp³-hybridized carbons (Fsp3) is 0.200. The second-order valence-electron chi connectivity index (χ2n) is 9.56. The van der Waals surface area contributed by atoms with E-state index in [1.165, 1.54) is 10.8 Å². The van der Waals surface area contributed by atoms with E-state index in [1.54, 1.807) is 0 Å². The van der Waals surface area contributed by atoms with Crippen LogP contribution in [0.3, 0.4) is 0 Å². The molecule has 7 rings (SSSR count). The summed E-state index contributed by atoms with van der Waals surface area (Å²) in [4.78, 5) is 16.9. The van der Waals surface area contributed by atoms with Gasteiger partial charge < -0.3 is 19.1 Å². The van der Waals surface area contributed by atoms with Crippen LogP contribution < -0.4 is 0 Å². The van der Waals surface area contributed by atoms with Crippen LogP contribution in [-0.4, -0.2) is 29.1 Å². The van der Waals surface area contributed by atoms with E-state index in [2.05, 4.69) is 93.6 Å². The van der Waals surface area contributed by atoms with Crippen molar-refractivity contribution in [3.63, 3.8) is 0 Å².